The summed E-state index contributed by atoms with van der Waals surface area (Å²) < 4.78 is 17.2. The van der Waals surface area contributed by atoms with E-state index < -0.39 is 11.0 Å². The fourth-order valence-electron chi connectivity index (χ4n) is 4.79. The summed E-state index contributed by atoms with van der Waals surface area (Å²) in [4.78, 5) is 29.0. The van der Waals surface area contributed by atoms with Crippen molar-refractivity contribution in [2.24, 2.45) is 11.3 Å². The zero-order valence-electron chi connectivity index (χ0n) is 18.7. The molecule has 0 aromatic rings. The van der Waals surface area contributed by atoms with Crippen molar-refractivity contribution >= 4 is 12.1 Å². The molecule has 0 aromatic carbocycles. The monoisotopic (exact) mass is 418 g/mol. The molecule has 4 aliphatic rings. The van der Waals surface area contributed by atoms with Crippen molar-refractivity contribution in [3.63, 3.8) is 0 Å². The topological polar surface area (TPSA) is 68.3 Å². The summed E-state index contributed by atoms with van der Waals surface area (Å²) in [6.45, 7) is 13.1. The van der Waals surface area contributed by atoms with Crippen molar-refractivity contribution in [2.45, 2.75) is 64.9 Å². The van der Waals surface area contributed by atoms with Crippen LogP contribution in [0.1, 0.15) is 41.0 Å². The molecule has 3 fully saturated rings. The van der Waals surface area contributed by atoms with Gasteiger partial charge in [0.1, 0.15) is 5.60 Å². The first-order valence-corrected chi connectivity index (χ1v) is 11.0. The summed E-state index contributed by atoms with van der Waals surface area (Å²) in [5.74, 6) is -0.000203. The van der Waals surface area contributed by atoms with E-state index in [9.17, 15) is 9.59 Å². The Bertz CT molecular complexity index is 770. The molecule has 2 unspecified atom stereocenters. The van der Waals surface area contributed by atoms with Crippen molar-refractivity contribution in [1.82, 2.24) is 9.80 Å². The molecule has 7 nitrogen and oxygen atoms in total. The maximum absolute atomic E-state index is 12.4. The van der Waals surface area contributed by atoms with Crippen LogP contribution in [0, 0.1) is 11.3 Å². The van der Waals surface area contributed by atoms with Gasteiger partial charge in [0, 0.05) is 32.1 Å². The minimum atomic E-state index is -0.577. The molecule has 0 N–H and O–H groups in total. The number of allylic oxidation sites excluding steroid dienone is 1. The lowest BCUT2D eigenvalue weighted by Gasteiger charge is -2.47. The standard InChI is InChI=1S/C23H34N2O5/c1-15-10-17-11-16(6-7-23(17,5)20(26)29-15)19-13-24-8-9-25(12-18(24)14-28-19)21(27)30-22(2,3)4/h6-7,11,15,17-19H,8-10,12-14H2,1-5H3/t15-,17?,18+,19-,23?/m0/s1. The lowest BCUT2D eigenvalue weighted by molar-refractivity contribution is -0.167. The maximum Gasteiger partial charge on any atom is 0.410 e. The fraction of sp³-hybridized carbons (Fsp3) is 0.739. The summed E-state index contributed by atoms with van der Waals surface area (Å²) in [6, 6.07) is 0.186. The van der Waals surface area contributed by atoms with Gasteiger partial charge in [-0.1, -0.05) is 18.2 Å². The Morgan fingerprint density at radius 3 is 2.77 bits per heavy atom. The minimum Gasteiger partial charge on any atom is -0.462 e. The Morgan fingerprint density at radius 1 is 1.27 bits per heavy atom. The number of fused-ring (bicyclic) bond motifs is 2. The molecule has 0 saturated carbocycles. The molecule has 1 aliphatic carbocycles. The average molecular weight is 419 g/mol. The zero-order chi connectivity index (χ0) is 21.7. The number of hydrogen-bond donors (Lipinski definition) is 0. The SMILES string of the molecule is C[C@H]1CC2C=C([C@@H]3CN4CCN(C(=O)OC(C)(C)C)C[C@@H]4CO3)C=CC2(C)C(=O)O1. The largest absolute Gasteiger partial charge is 0.462 e. The number of morpholine rings is 1. The third-order valence-electron chi connectivity index (χ3n) is 6.64. The van der Waals surface area contributed by atoms with E-state index in [1.165, 1.54) is 0 Å². The Labute approximate surface area is 179 Å². The molecule has 3 saturated heterocycles. The van der Waals surface area contributed by atoms with Gasteiger partial charge in [0.05, 0.1) is 30.3 Å². The Morgan fingerprint density at radius 2 is 2.03 bits per heavy atom. The van der Waals surface area contributed by atoms with E-state index in [1.807, 2.05) is 46.8 Å². The zero-order valence-corrected chi connectivity index (χ0v) is 18.7. The van der Waals surface area contributed by atoms with Crippen molar-refractivity contribution in [3.8, 4) is 0 Å². The average Bonchev–Trinajstić information content (AvgIpc) is 2.66. The van der Waals surface area contributed by atoms with Crippen molar-refractivity contribution in [3.05, 3.63) is 23.8 Å². The third-order valence-corrected chi connectivity index (χ3v) is 6.64. The van der Waals surface area contributed by atoms with Gasteiger partial charge in [-0.15, -0.1) is 0 Å². The van der Waals surface area contributed by atoms with Crippen LogP contribution in [0.5, 0.6) is 0 Å². The van der Waals surface area contributed by atoms with Crippen LogP contribution in [0.2, 0.25) is 0 Å². The summed E-state index contributed by atoms with van der Waals surface area (Å²) in [5, 5.41) is 0. The van der Waals surface area contributed by atoms with Gasteiger partial charge in [-0.2, -0.15) is 0 Å². The number of hydrogen-bond acceptors (Lipinski definition) is 6. The highest BCUT2D eigenvalue weighted by molar-refractivity contribution is 5.81. The third kappa shape index (κ3) is 4.14. The molecule has 1 amide bonds. The second-order valence-corrected chi connectivity index (χ2v) is 10.2. The summed E-state index contributed by atoms with van der Waals surface area (Å²) >= 11 is 0. The number of esters is 1. The summed E-state index contributed by atoms with van der Waals surface area (Å²) in [6.07, 6.45) is 6.77. The van der Waals surface area contributed by atoms with Crippen LogP contribution < -0.4 is 0 Å². The number of ether oxygens (including phenoxy) is 3. The second kappa shape index (κ2) is 7.68. The molecule has 0 aromatic heterocycles. The lowest BCUT2D eigenvalue weighted by Crippen LogP contribution is -2.61. The summed E-state index contributed by atoms with van der Waals surface area (Å²) in [7, 11) is 0. The number of nitrogens with zero attached hydrogens (tertiary/aromatic N) is 2. The molecule has 166 valence electrons. The number of amides is 1. The smallest absolute Gasteiger partial charge is 0.410 e. The maximum atomic E-state index is 12.4. The minimum absolute atomic E-state index is 0.0108. The first-order chi connectivity index (χ1) is 14.0. The highest BCUT2D eigenvalue weighted by atomic mass is 16.6. The highest BCUT2D eigenvalue weighted by Crippen LogP contribution is 2.44. The molecule has 3 heterocycles. The predicted octanol–water partition coefficient (Wildman–Crippen LogP) is 2.76. The Kier molecular flexibility index (Phi) is 5.47. The van der Waals surface area contributed by atoms with Crippen LogP contribution >= 0.6 is 0 Å². The predicted molar refractivity (Wildman–Crippen MR) is 112 cm³/mol. The van der Waals surface area contributed by atoms with Crippen molar-refractivity contribution < 1.29 is 23.8 Å². The van der Waals surface area contributed by atoms with Gasteiger partial charge >= 0.3 is 12.1 Å². The van der Waals surface area contributed by atoms with Gasteiger partial charge < -0.3 is 19.1 Å². The molecular formula is C23H34N2O5. The molecule has 0 bridgehead atoms. The summed E-state index contributed by atoms with van der Waals surface area (Å²) in [5.41, 5.74) is 0.0822. The van der Waals surface area contributed by atoms with E-state index in [4.69, 9.17) is 14.2 Å². The number of carbonyl (C=O) groups excluding carboxylic acids is 2. The molecule has 5 atom stereocenters. The van der Waals surface area contributed by atoms with Crippen LogP contribution in [-0.4, -0.2) is 78.5 Å². The van der Waals surface area contributed by atoms with Crippen LogP contribution in [0.4, 0.5) is 4.79 Å². The van der Waals surface area contributed by atoms with E-state index in [-0.39, 0.29) is 36.2 Å². The Balaban J connectivity index is 1.39. The first kappa shape index (κ1) is 21.4. The Hall–Kier alpha value is -1.86. The molecule has 0 radical (unpaired) electrons. The van der Waals surface area contributed by atoms with Crippen LogP contribution in [0.25, 0.3) is 0 Å². The molecular weight excluding hydrogens is 384 g/mol. The van der Waals surface area contributed by atoms with Crippen molar-refractivity contribution in [1.29, 1.82) is 0 Å². The molecule has 3 aliphatic heterocycles. The van der Waals surface area contributed by atoms with Crippen molar-refractivity contribution in [2.75, 3.05) is 32.8 Å². The van der Waals surface area contributed by atoms with Gasteiger partial charge in [-0.3, -0.25) is 9.69 Å². The van der Waals surface area contributed by atoms with E-state index in [0.717, 1.165) is 25.1 Å². The normalized spacial score (nSPS) is 37.0. The van der Waals surface area contributed by atoms with E-state index in [1.54, 1.807) is 4.90 Å². The van der Waals surface area contributed by atoms with Crippen LogP contribution in [-0.2, 0) is 19.0 Å². The molecule has 0 spiro atoms. The number of piperazine rings is 1. The molecule has 4 rings (SSSR count). The number of rotatable bonds is 1. The molecule has 7 heteroatoms. The lowest BCUT2D eigenvalue weighted by atomic mass is 9.68. The van der Waals surface area contributed by atoms with Crippen LogP contribution in [0.3, 0.4) is 0 Å². The van der Waals surface area contributed by atoms with Gasteiger partial charge in [0.15, 0.2) is 0 Å². The van der Waals surface area contributed by atoms with Gasteiger partial charge in [0.25, 0.3) is 0 Å². The van der Waals surface area contributed by atoms with Crippen LogP contribution in [0.15, 0.2) is 23.8 Å². The van der Waals surface area contributed by atoms with Gasteiger partial charge in [-0.25, -0.2) is 4.79 Å². The number of cyclic esters (lactones) is 1. The highest BCUT2D eigenvalue weighted by Gasteiger charge is 2.47. The fourth-order valence-corrected chi connectivity index (χ4v) is 4.79. The van der Waals surface area contributed by atoms with Gasteiger partial charge in [0.2, 0.25) is 0 Å². The van der Waals surface area contributed by atoms with Gasteiger partial charge in [-0.05, 0) is 46.6 Å². The molecule has 30 heavy (non-hydrogen) atoms. The van der Waals surface area contributed by atoms with E-state index in [2.05, 4.69) is 11.0 Å². The number of carbonyl (C=O) groups is 2. The first-order valence-electron chi connectivity index (χ1n) is 11.0. The quantitative estimate of drug-likeness (QED) is 0.610. The van der Waals surface area contributed by atoms with E-state index >= 15 is 0 Å². The second-order valence-electron chi connectivity index (χ2n) is 10.2. The van der Waals surface area contributed by atoms with E-state index in [0.29, 0.717) is 19.7 Å².